The Morgan fingerprint density at radius 2 is 2.31 bits per heavy atom. The van der Waals surface area contributed by atoms with Crippen LogP contribution in [0.5, 0.6) is 0 Å². The first kappa shape index (κ1) is 11.3. The van der Waals surface area contributed by atoms with Crippen LogP contribution in [0.4, 0.5) is 4.79 Å². The molecule has 1 heterocycles. The average molecular weight is 330 g/mol. The maximum Gasteiger partial charge on any atom is 0.605 e. The van der Waals surface area contributed by atoms with E-state index in [1.807, 2.05) is 6.08 Å². The lowest BCUT2D eigenvalue weighted by Gasteiger charge is -2.15. The number of cyclic esters (lactones) is 2. The van der Waals surface area contributed by atoms with Crippen LogP contribution in [0.25, 0.3) is 0 Å². The molecule has 0 saturated heterocycles. The SMILES string of the molecule is C=CC[N+]1=C2C=CC(I)C=C2C(=O)OC1=O. The first-order valence-corrected chi connectivity index (χ1v) is 5.94. The van der Waals surface area contributed by atoms with Crippen LogP contribution in [0.2, 0.25) is 0 Å². The highest BCUT2D eigenvalue weighted by molar-refractivity contribution is 14.1. The molecule has 0 aromatic heterocycles. The van der Waals surface area contributed by atoms with Crippen LogP contribution in [0.1, 0.15) is 0 Å². The fraction of sp³-hybridized carbons (Fsp3) is 0.182. The molecule has 5 heteroatoms. The number of hydrogen-bond acceptors (Lipinski definition) is 3. The number of ether oxygens (including phenoxy) is 1. The number of allylic oxidation sites excluding steroid dienone is 3. The molecule has 1 atom stereocenters. The van der Waals surface area contributed by atoms with Gasteiger partial charge < -0.3 is 4.74 Å². The van der Waals surface area contributed by atoms with Crippen LogP contribution in [0, 0.1) is 0 Å². The second-order valence-corrected chi connectivity index (χ2v) is 4.76. The standard InChI is InChI=1S/C11H9INO3/c1-2-5-13-9-4-3-7(12)6-8(9)10(14)16-11(13)15/h2-4,6-7H,1,5H2/q+1. The van der Waals surface area contributed by atoms with E-state index >= 15 is 0 Å². The number of alkyl halides is 1. The van der Waals surface area contributed by atoms with E-state index in [9.17, 15) is 9.59 Å². The van der Waals surface area contributed by atoms with Crippen molar-refractivity contribution in [2.24, 2.45) is 0 Å². The fourth-order valence-corrected chi connectivity index (χ4v) is 2.14. The number of rotatable bonds is 2. The Hall–Kier alpha value is -1.24. The number of amides is 1. The van der Waals surface area contributed by atoms with E-state index in [-0.39, 0.29) is 3.92 Å². The number of esters is 1. The smallest absolute Gasteiger partial charge is 0.333 e. The molecular weight excluding hydrogens is 321 g/mol. The van der Waals surface area contributed by atoms with E-state index in [1.165, 1.54) is 4.58 Å². The lowest BCUT2D eigenvalue weighted by molar-refractivity contribution is -0.433. The van der Waals surface area contributed by atoms with Crippen molar-refractivity contribution in [3.05, 3.63) is 36.5 Å². The molecule has 4 nitrogen and oxygen atoms in total. The van der Waals surface area contributed by atoms with Gasteiger partial charge in [0, 0.05) is 10.0 Å². The molecule has 2 rings (SSSR count). The van der Waals surface area contributed by atoms with Gasteiger partial charge in [-0.15, -0.1) is 4.58 Å². The maximum atomic E-state index is 11.5. The average Bonchev–Trinajstić information content (AvgIpc) is 2.24. The zero-order chi connectivity index (χ0) is 11.7. The first-order valence-electron chi connectivity index (χ1n) is 4.69. The highest BCUT2D eigenvalue weighted by Gasteiger charge is 2.39. The zero-order valence-electron chi connectivity index (χ0n) is 8.35. The summed E-state index contributed by atoms with van der Waals surface area (Å²) in [6, 6.07) is 0. The third kappa shape index (κ3) is 1.87. The molecule has 0 aromatic carbocycles. The van der Waals surface area contributed by atoms with Crippen molar-refractivity contribution >= 4 is 40.4 Å². The van der Waals surface area contributed by atoms with Crippen LogP contribution in [0.3, 0.4) is 0 Å². The number of halogens is 1. The molecule has 82 valence electrons. The molecule has 0 saturated carbocycles. The maximum absolute atomic E-state index is 11.5. The molecule has 1 amide bonds. The molecule has 0 spiro atoms. The fourth-order valence-electron chi connectivity index (χ4n) is 1.57. The summed E-state index contributed by atoms with van der Waals surface area (Å²) in [6.07, 6.45) is 6.41. The van der Waals surface area contributed by atoms with Crippen LogP contribution >= 0.6 is 22.6 Å². The van der Waals surface area contributed by atoms with Gasteiger partial charge in [0.2, 0.25) is 5.71 Å². The second-order valence-electron chi connectivity index (χ2n) is 3.32. The summed E-state index contributed by atoms with van der Waals surface area (Å²) in [5.41, 5.74) is 1.04. The Bertz CT molecular complexity index is 474. The van der Waals surface area contributed by atoms with E-state index in [4.69, 9.17) is 0 Å². The summed E-state index contributed by atoms with van der Waals surface area (Å²) < 4.78 is 6.17. The van der Waals surface area contributed by atoms with Gasteiger partial charge in [-0.3, -0.25) is 0 Å². The van der Waals surface area contributed by atoms with Crippen molar-refractivity contribution in [3.63, 3.8) is 0 Å². The monoisotopic (exact) mass is 330 g/mol. The second kappa shape index (κ2) is 4.32. The molecule has 0 fully saturated rings. The minimum Gasteiger partial charge on any atom is -0.333 e. The van der Waals surface area contributed by atoms with Crippen LogP contribution < -0.4 is 0 Å². The van der Waals surface area contributed by atoms with Crippen molar-refractivity contribution in [2.75, 3.05) is 6.54 Å². The number of carbonyl (C=O) groups excluding carboxylic acids is 2. The summed E-state index contributed by atoms with van der Waals surface area (Å²) >= 11 is 2.18. The number of hydrogen-bond donors (Lipinski definition) is 0. The first-order chi connectivity index (χ1) is 7.63. The molecule has 0 radical (unpaired) electrons. The molecule has 0 N–H and O–H groups in total. The predicted octanol–water partition coefficient (Wildman–Crippen LogP) is 1.60. The third-order valence-electron chi connectivity index (χ3n) is 2.26. The summed E-state index contributed by atoms with van der Waals surface area (Å²) in [6.45, 7) is 3.90. The zero-order valence-corrected chi connectivity index (χ0v) is 10.5. The third-order valence-corrected chi connectivity index (χ3v) is 3.04. The van der Waals surface area contributed by atoms with Crippen molar-refractivity contribution in [1.29, 1.82) is 0 Å². The lowest BCUT2D eigenvalue weighted by atomic mass is 10.0. The van der Waals surface area contributed by atoms with E-state index in [0.29, 0.717) is 17.8 Å². The number of fused-ring (bicyclic) bond motifs is 1. The molecule has 0 bridgehead atoms. The highest BCUT2D eigenvalue weighted by Crippen LogP contribution is 2.20. The Morgan fingerprint density at radius 1 is 1.56 bits per heavy atom. The van der Waals surface area contributed by atoms with Crippen molar-refractivity contribution in [3.8, 4) is 0 Å². The van der Waals surface area contributed by atoms with Gasteiger partial charge >= 0.3 is 12.1 Å². The summed E-state index contributed by atoms with van der Waals surface area (Å²) in [7, 11) is 0. The van der Waals surface area contributed by atoms with Gasteiger partial charge in [0.05, 0.1) is 0 Å². The van der Waals surface area contributed by atoms with E-state index < -0.39 is 12.1 Å². The van der Waals surface area contributed by atoms with Gasteiger partial charge in [0.25, 0.3) is 0 Å². The van der Waals surface area contributed by atoms with Crippen LogP contribution in [-0.4, -0.2) is 32.8 Å². The Morgan fingerprint density at radius 3 is 3.00 bits per heavy atom. The molecule has 1 unspecified atom stereocenters. The number of nitrogens with zero attached hydrogens (tertiary/aromatic N) is 1. The van der Waals surface area contributed by atoms with E-state index in [1.54, 1.807) is 18.2 Å². The van der Waals surface area contributed by atoms with Gasteiger partial charge in [-0.1, -0.05) is 35.2 Å². The van der Waals surface area contributed by atoms with Crippen molar-refractivity contribution < 1.29 is 18.9 Å². The molecule has 16 heavy (non-hydrogen) atoms. The molecule has 0 aromatic rings. The van der Waals surface area contributed by atoms with Gasteiger partial charge in [0.1, 0.15) is 5.57 Å². The lowest BCUT2D eigenvalue weighted by Crippen LogP contribution is -2.39. The summed E-state index contributed by atoms with van der Waals surface area (Å²) in [5.74, 6) is -0.577. The molecule has 1 aliphatic heterocycles. The van der Waals surface area contributed by atoms with Crippen LogP contribution in [0.15, 0.2) is 36.5 Å². The van der Waals surface area contributed by atoms with E-state index in [2.05, 4.69) is 33.9 Å². The molecule has 1 aliphatic carbocycles. The van der Waals surface area contributed by atoms with Gasteiger partial charge in [-0.2, -0.15) is 4.79 Å². The van der Waals surface area contributed by atoms with Gasteiger partial charge in [0.15, 0.2) is 6.54 Å². The van der Waals surface area contributed by atoms with Gasteiger partial charge in [-0.25, -0.2) is 4.79 Å². The quantitative estimate of drug-likeness (QED) is 0.193. The topological polar surface area (TPSA) is 46.4 Å². The van der Waals surface area contributed by atoms with E-state index in [0.717, 1.165) is 0 Å². The summed E-state index contributed by atoms with van der Waals surface area (Å²) in [5, 5.41) is 0. The minimum atomic E-state index is -0.645. The predicted molar refractivity (Wildman–Crippen MR) is 66.9 cm³/mol. The largest absolute Gasteiger partial charge is 0.605 e. The van der Waals surface area contributed by atoms with Crippen molar-refractivity contribution in [1.82, 2.24) is 0 Å². The highest BCUT2D eigenvalue weighted by atomic mass is 127. The Labute approximate surface area is 106 Å². The van der Waals surface area contributed by atoms with Crippen molar-refractivity contribution in [2.45, 2.75) is 3.92 Å². The summed E-state index contributed by atoms with van der Waals surface area (Å²) in [4.78, 5) is 23.0. The Balaban J connectivity index is 2.55. The number of carbonyl (C=O) groups is 2. The minimum absolute atomic E-state index is 0.141. The normalized spacial score (nSPS) is 23.8. The van der Waals surface area contributed by atoms with Crippen LogP contribution in [-0.2, 0) is 9.53 Å². The molecular formula is C11H9INO3+. The molecule has 2 aliphatic rings. The van der Waals surface area contributed by atoms with Gasteiger partial charge in [-0.05, 0) is 12.2 Å². The Kier molecular flexibility index (Phi) is 3.04.